The van der Waals surface area contributed by atoms with Gasteiger partial charge in [-0.25, -0.2) is 19.4 Å². The van der Waals surface area contributed by atoms with Crippen LogP contribution in [0, 0.1) is 5.82 Å². The molecule has 0 saturated carbocycles. The van der Waals surface area contributed by atoms with Crippen LogP contribution in [0.4, 0.5) is 33.1 Å². The molecule has 0 bridgehead atoms. The highest BCUT2D eigenvalue weighted by Gasteiger charge is 2.30. The molecule has 1 fully saturated rings. The lowest BCUT2D eigenvalue weighted by atomic mass is 10.0. The highest BCUT2D eigenvalue weighted by molar-refractivity contribution is 6.02. The Balaban J connectivity index is 1.38. The molecule has 12 nitrogen and oxygen atoms in total. The molecule has 1 unspecified atom stereocenters. The minimum atomic E-state index is -0.419. The molecule has 13 heteroatoms. The molecule has 47 heavy (non-hydrogen) atoms. The maximum absolute atomic E-state index is 14.8. The number of benzene rings is 2. The molecule has 2 N–H and O–H groups in total. The molecule has 3 heterocycles. The fourth-order valence-electron chi connectivity index (χ4n) is 5.08. The smallest absolute Gasteiger partial charge is 0.247 e. The van der Waals surface area contributed by atoms with Crippen molar-refractivity contribution >= 4 is 34.6 Å². The average molecular weight is 643 g/mol. The van der Waals surface area contributed by atoms with Crippen molar-refractivity contribution in [3.05, 3.63) is 96.9 Å². The van der Waals surface area contributed by atoms with Gasteiger partial charge in [0.05, 0.1) is 42.5 Å². The number of halogens is 1. The zero-order valence-corrected chi connectivity index (χ0v) is 26.9. The van der Waals surface area contributed by atoms with E-state index in [2.05, 4.69) is 37.1 Å². The van der Waals surface area contributed by atoms with Crippen LogP contribution in [-0.2, 0) is 16.2 Å². The number of hydrogen-bond donors (Lipinski definition) is 2. The Morgan fingerprint density at radius 2 is 1.96 bits per heavy atom. The Labute approximate surface area is 273 Å². The quantitative estimate of drug-likeness (QED) is 0.174. The van der Waals surface area contributed by atoms with Gasteiger partial charge in [0, 0.05) is 51.0 Å². The van der Waals surface area contributed by atoms with Gasteiger partial charge in [-0.3, -0.25) is 14.6 Å². The first kappa shape index (κ1) is 33.1. The van der Waals surface area contributed by atoms with Crippen LogP contribution in [0.5, 0.6) is 11.5 Å². The Morgan fingerprint density at radius 3 is 2.70 bits per heavy atom. The van der Waals surface area contributed by atoms with Crippen molar-refractivity contribution in [2.24, 2.45) is 0 Å². The highest BCUT2D eigenvalue weighted by atomic mass is 19.1. The van der Waals surface area contributed by atoms with Crippen molar-refractivity contribution in [3.8, 4) is 11.5 Å². The molecule has 2 aromatic carbocycles. The third-order valence-corrected chi connectivity index (χ3v) is 7.49. The summed E-state index contributed by atoms with van der Waals surface area (Å²) in [5.41, 5.74) is 3.34. The first-order chi connectivity index (χ1) is 22.7. The predicted octanol–water partition coefficient (Wildman–Crippen LogP) is 5.35. The summed E-state index contributed by atoms with van der Waals surface area (Å²) in [5, 5.41) is 7.85. The second-order valence-electron chi connectivity index (χ2n) is 11.2. The van der Waals surface area contributed by atoms with Gasteiger partial charge in [-0.05, 0) is 56.1 Å². The largest absolute Gasteiger partial charge is 0.494 e. The normalized spacial score (nSPS) is 14.2. The van der Waals surface area contributed by atoms with E-state index in [1.165, 1.54) is 24.5 Å². The maximum Gasteiger partial charge on any atom is 0.247 e. The number of hydrogen-bond acceptors (Lipinski definition) is 11. The van der Waals surface area contributed by atoms with Crippen LogP contribution in [0.3, 0.4) is 0 Å². The van der Waals surface area contributed by atoms with Gasteiger partial charge in [0.25, 0.3) is 0 Å². The molecule has 246 valence electrons. The van der Waals surface area contributed by atoms with E-state index in [4.69, 9.17) is 14.3 Å². The lowest BCUT2D eigenvalue weighted by molar-refractivity contribution is -0.111. The Kier molecular flexibility index (Phi) is 10.8. The van der Waals surface area contributed by atoms with E-state index in [0.717, 1.165) is 24.5 Å². The molecule has 4 aromatic rings. The van der Waals surface area contributed by atoms with E-state index >= 15 is 0 Å². The molecule has 0 radical (unpaired) electrons. The molecule has 1 atom stereocenters. The van der Waals surface area contributed by atoms with Crippen molar-refractivity contribution in [1.29, 1.82) is 0 Å². The van der Waals surface area contributed by atoms with Crippen molar-refractivity contribution in [3.63, 3.8) is 0 Å². The van der Waals surface area contributed by atoms with Gasteiger partial charge in [-0.2, -0.15) is 0 Å². The van der Waals surface area contributed by atoms with Crippen LogP contribution < -0.4 is 30.1 Å². The van der Waals surface area contributed by atoms with Crippen LogP contribution in [0.15, 0.2) is 79.8 Å². The number of likely N-dealkylation sites (N-methyl/N-ethyl adjacent to an activating group) is 2. The van der Waals surface area contributed by atoms with E-state index in [1.807, 2.05) is 50.3 Å². The number of carbonyl (C=O) groups excluding carboxylic acids is 1. The first-order valence-electron chi connectivity index (χ1n) is 15.1. The predicted molar refractivity (Wildman–Crippen MR) is 180 cm³/mol. The number of carbonyl (C=O) groups is 1. The second kappa shape index (κ2) is 15.3. The van der Waals surface area contributed by atoms with Gasteiger partial charge >= 0.3 is 0 Å². The van der Waals surface area contributed by atoms with Crippen LogP contribution in [-0.4, -0.2) is 73.7 Å². The minimum Gasteiger partial charge on any atom is -0.494 e. The van der Waals surface area contributed by atoms with E-state index in [9.17, 15) is 9.18 Å². The number of ether oxygens (including phenoxy) is 2. The van der Waals surface area contributed by atoms with Gasteiger partial charge in [-0.15, -0.1) is 0 Å². The van der Waals surface area contributed by atoms with Crippen LogP contribution >= 0.6 is 0 Å². The Hall–Kier alpha value is -5.27. The Bertz CT molecular complexity index is 1690. The zero-order valence-electron chi connectivity index (χ0n) is 26.9. The van der Waals surface area contributed by atoms with Gasteiger partial charge in [-0.1, -0.05) is 12.6 Å². The summed E-state index contributed by atoms with van der Waals surface area (Å²) in [6.07, 6.45) is 4.93. The summed E-state index contributed by atoms with van der Waals surface area (Å²) in [6.45, 7) is 5.75. The second-order valence-corrected chi connectivity index (χ2v) is 11.2. The van der Waals surface area contributed by atoms with Crippen LogP contribution in [0.25, 0.3) is 0 Å². The lowest BCUT2D eigenvalue weighted by Gasteiger charge is -2.26. The number of nitrogens with one attached hydrogen (secondary N) is 2. The maximum atomic E-state index is 14.8. The fraction of sp³-hybridized carbons (Fsp3) is 0.294. The summed E-state index contributed by atoms with van der Waals surface area (Å²) in [7, 11) is 7.53. The minimum absolute atomic E-state index is 0.214. The van der Waals surface area contributed by atoms with Gasteiger partial charge in [0.15, 0.2) is 5.82 Å². The number of nitrogens with zero attached hydrogens (tertiary/aromatic N) is 6. The summed E-state index contributed by atoms with van der Waals surface area (Å²) in [5.74, 6) is 1.11. The molecule has 0 aliphatic carbocycles. The first-order valence-corrected chi connectivity index (χ1v) is 15.1. The monoisotopic (exact) mass is 642 g/mol. The molecule has 2 aromatic heterocycles. The van der Waals surface area contributed by atoms with Crippen molar-refractivity contribution in [2.45, 2.75) is 19.1 Å². The molecule has 1 amide bonds. The summed E-state index contributed by atoms with van der Waals surface area (Å²) in [6, 6.07) is 15.2. The molecule has 0 spiro atoms. The van der Waals surface area contributed by atoms with Crippen molar-refractivity contribution in [1.82, 2.24) is 19.9 Å². The number of methoxy groups -OCH3 is 1. The van der Waals surface area contributed by atoms with Gasteiger partial charge in [0.1, 0.15) is 36.1 Å². The molecule has 1 saturated heterocycles. The number of rotatable bonds is 14. The third kappa shape index (κ3) is 8.51. The summed E-state index contributed by atoms with van der Waals surface area (Å²) >= 11 is 0. The number of anilines is 5. The molecule has 5 rings (SSSR count). The van der Waals surface area contributed by atoms with E-state index < -0.39 is 5.82 Å². The van der Waals surface area contributed by atoms with Gasteiger partial charge in [0.2, 0.25) is 5.91 Å². The molecular formula is C34H39FN8O4. The van der Waals surface area contributed by atoms with Crippen molar-refractivity contribution < 1.29 is 23.5 Å². The summed E-state index contributed by atoms with van der Waals surface area (Å²) < 4.78 is 26.4. The van der Waals surface area contributed by atoms with Crippen LogP contribution in [0.2, 0.25) is 0 Å². The molecular weight excluding hydrogens is 603 g/mol. The zero-order chi connectivity index (χ0) is 33.3. The third-order valence-electron chi connectivity index (χ3n) is 7.49. The van der Waals surface area contributed by atoms with Crippen LogP contribution in [0.1, 0.15) is 23.7 Å². The number of amides is 1. The van der Waals surface area contributed by atoms with E-state index in [1.54, 1.807) is 36.6 Å². The number of aromatic nitrogens is 3. The molecule has 1 aliphatic heterocycles. The van der Waals surface area contributed by atoms with Gasteiger partial charge < -0.3 is 29.9 Å². The fourth-order valence-corrected chi connectivity index (χ4v) is 5.08. The average Bonchev–Trinajstić information content (AvgIpc) is 3.57. The van der Waals surface area contributed by atoms with E-state index in [-0.39, 0.29) is 18.6 Å². The lowest BCUT2D eigenvalue weighted by Crippen LogP contribution is -2.29. The number of hydroxylamine groups is 1. The SMILES string of the molecule is C=CC(=O)Nc1cc(Nc2cc(N3OCCC3c3cc(F)cc(OCc4ccccn4)c3)ncn2)c(OC)cc1N(C)CCN(C)C. The standard InChI is InChI=1S/C34H39FN8O4/c1-6-34(44)40-27-18-28(31(45-5)19-30(27)42(4)13-12-41(2)3)39-32-20-33(38-22-37-32)43-29(10-14-47-43)23-15-24(35)17-26(16-23)46-21-25-9-7-8-11-36-25/h6-9,11,15-20,22,29H,1,10,12-14,21H2,2-5H3,(H,40,44)(H,37,38,39). The topological polar surface area (TPSA) is 117 Å². The number of pyridine rings is 1. The summed E-state index contributed by atoms with van der Waals surface area (Å²) in [4.78, 5) is 35.6. The highest BCUT2D eigenvalue weighted by Crippen LogP contribution is 2.40. The Morgan fingerprint density at radius 1 is 1.11 bits per heavy atom. The van der Waals surface area contributed by atoms with Crippen molar-refractivity contribution in [2.75, 3.05) is 68.5 Å². The van der Waals surface area contributed by atoms with E-state index in [0.29, 0.717) is 53.1 Å². The molecule has 1 aliphatic rings.